The van der Waals surface area contributed by atoms with Crippen LogP contribution in [0.2, 0.25) is 0 Å². The van der Waals surface area contributed by atoms with Gasteiger partial charge in [-0.3, -0.25) is 0 Å². The van der Waals surface area contributed by atoms with Crippen LogP contribution >= 0.6 is 24.0 Å². The minimum absolute atomic E-state index is 0. The van der Waals surface area contributed by atoms with Gasteiger partial charge in [-0.25, -0.2) is 4.99 Å². The fourth-order valence-corrected chi connectivity index (χ4v) is 1.95. The van der Waals surface area contributed by atoms with Crippen molar-refractivity contribution in [3.05, 3.63) is 11.9 Å². The third-order valence-electron chi connectivity index (χ3n) is 2.77. The van der Waals surface area contributed by atoms with Gasteiger partial charge in [0.2, 0.25) is 0 Å². The van der Waals surface area contributed by atoms with Crippen molar-refractivity contribution in [3.8, 4) is 0 Å². The van der Waals surface area contributed by atoms with Crippen LogP contribution in [0.1, 0.15) is 31.4 Å². The molecule has 96 valence electrons. The Morgan fingerprint density at radius 3 is 2.88 bits per heavy atom. The number of hydrogen-bond donors (Lipinski definition) is 2. The minimum Gasteiger partial charge on any atom is -0.370 e. The molecule has 6 nitrogen and oxygen atoms in total. The molecule has 1 aromatic rings. The molecule has 0 bridgehead atoms. The molecule has 7 heteroatoms. The first-order valence-electron chi connectivity index (χ1n) is 5.65. The Bertz CT molecular complexity index is 369. The lowest BCUT2D eigenvalue weighted by Crippen LogP contribution is -2.38. The molecule has 0 saturated heterocycles. The molecule has 1 aliphatic carbocycles. The van der Waals surface area contributed by atoms with Gasteiger partial charge in [0.05, 0.1) is 12.7 Å². The van der Waals surface area contributed by atoms with E-state index in [0.29, 0.717) is 18.5 Å². The van der Waals surface area contributed by atoms with E-state index in [2.05, 4.69) is 20.5 Å². The lowest BCUT2D eigenvalue weighted by atomic mass is 10.2. The summed E-state index contributed by atoms with van der Waals surface area (Å²) in [6, 6.07) is 0.505. The number of aryl methyl sites for hydroxylation is 1. The predicted molar refractivity (Wildman–Crippen MR) is 77.1 cm³/mol. The Labute approximate surface area is 118 Å². The molecule has 1 aliphatic rings. The zero-order valence-corrected chi connectivity index (χ0v) is 12.3. The fourth-order valence-electron chi connectivity index (χ4n) is 1.95. The van der Waals surface area contributed by atoms with Gasteiger partial charge in [-0.2, -0.15) is 15.0 Å². The van der Waals surface area contributed by atoms with E-state index in [0.717, 1.165) is 5.69 Å². The van der Waals surface area contributed by atoms with E-state index in [1.54, 1.807) is 13.2 Å². The summed E-state index contributed by atoms with van der Waals surface area (Å²) >= 11 is 0. The number of nitrogens with zero attached hydrogens (tertiary/aromatic N) is 4. The molecule has 0 unspecified atom stereocenters. The van der Waals surface area contributed by atoms with Crippen molar-refractivity contribution in [2.75, 3.05) is 0 Å². The zero-order chi connectivity index (χ0) is 11.4. The molecule has 0 atom stereocenters. The van der Waals surface area contributed by atoms with Gasteiger partial charge in [-0.1, -0.05) is 12.8 Å². The van der Waals surface area contributed by atoms with Crippen LogP contribution in [0.4, 0.5) is 0 Å². The fraction of sp³-hybridized carbons (Fsp3) is 0.700. The van der Waals surface area contributed by atoms with E-state index in [4.69, 9.17) is 5.73 Å². The van der Waals surface area contributed by atoms with Crippen molar-refractivity contribution < 1.29 is 0 Å². The van der Waals surface area contributed by atoms with Crippen LogP contribution in [-0.2, 0) is 13.6 Å². The average molecular weight is 350 g/mol. The third-order valence-corrected chi connectivity index (χ3v) is 2.77. The summed E-state index contributed by atoms with van der Waals surface area (Å²) in [5, 5.41) is 11.3. The molecule has 1 fully saturated rings. The second-order valence-corrected chi connectivity index (χ2v) is 4.15. The molecule has 1 saturated carbocycles. The van der Waals surface area contributed by atoms with Crippen molar-refractivity contribution >= 4 is 29.9 Å². The van der Waals surface area contributed by atoms with E-state index in [1.165, 1.54) is 30.5 Å². The Balaban J connectivity index is 0.00000144. The molecule has 0 aliphatic heterocycles. The van der Waals surface area contributed by atoms with Gasteiger partial charge < -0.3 is 11.1 Å². The molecule has 3 N–H and O–H groups in total. The summed E-state index contributed by atoms with van der Waals surface area (Å²) in [5.41, 5.74) is 6.62. The first-order valence-corrected chi connectivity index (χ1v) is 5.65. The van der Waals surface area contributed by atoms with Crippen molar-refractivity contribution in [2.45, 2.75) is 38.3 Å². The van der Waals surface area contributed by atoms with Gasteiger partial charge in [0.15, 0.2) is 5.96 Å². The molecule has 0 radical (unpaired) electrons. The number of nitrogens with two attached hydrogens (primary N) is 1. The smallest absolute Gasteiger partial charge is 0.189 e. The highest BCUT2D eigenvalue weighted by atomic mass is 127. The molecule has 1 aromatic heterocycles. The number of nitrogens with one attached hydrogen (secondary N) is 1. The minimum atomic E-state index is 0. The van der Waals surface area contributed by atoms with Crippen LogP contribution in [-0.4, -0.2) is 27.0 Å². The average Bonchev–Trinajstić information content (AvgIpc) is 2.87. The Hall–Kier alpha value is -0.860. The SMILES string of the molecule is Cn1ncc(CN=C(N)NC2CCCC2)n1.I. The summed E-state index contributed by atoms with van der Waals surface area (Å²) in [5.74, 6) is 0.512. The highest BCUT2D eigenvalue weighted by Gasteiger charge is 2.14. The molecule has 0 aromatic carbocycles. The van der Waals surface area contributed by atoms with Gasteiger partial charge in [0.1, 0.15) is 5.69 Å². The van der Waals surface area contributed by atoms with E-state index >= 15 is 0 Å². The Morgan fingerprint density at radius 2 is 2.29 bits per heavy atom. The topological polar surface area (TPSA) is 81.1 Å². The van der Waals surface area contributed by atoms with Gasteiger partial charge in [-0.05, 0) is 12.8 Å². The van der Waals surface area contributed by atoms with Crippen molar-refractivity contribution in [2.24, 2.45) is 17.8 Å². The summed E-state index contributed by atoms with van der Waals surface area (Å²) in [4.78, 5) is 5.76. The van der Waals surface area contributed by atoms with Gasteiger partial charge in [0, 0.05) is 13.1 Å². The number of halogens is 1. The summed E-state index contributed by atoms with van der Waals surface area (Å²) < 4.78 is 0. The van der Waals surface area contributed by atoms with Gasteiger partial charge in [-0.15, -0.1) is 24.0 Å². The zero-order valence-electron chi connectivity index (χ0n) is 9.96. The molecule has 0 amide bonds. The second-order valence-electron chi connectivity index (χ2n) is 4.15. The Morgan fingerprint density at radius 1 is 1.59 bits per heavy atom. The monoisotopic (exact) mass is 350 g/mol. The van der Waals surface area contributed by atoms with E-state index in [9.17, 15) is 0 Å². The van der Waals surface area contributed by atoms with Crippen LogP contribution in [0.5, 0.6) is 0 Å². The number of rotatable bonds is 3. The quantitative estimate of drug-likeness (QED) is 0.480. The van der Waals surface area contributed by atoms with Crippen molar-refractivity contribution in [3.63, 3.8) is 0 Å². The maximum Gasteiger partial charge on any atom is 0.189 e. The molecule has 0 spiro atoms. The summed E-state index contributed by atoms with van der Waals surface area (Å²) in [7, 11) is 1.79. The van der Waals surface area contributed by atoms with Gasteiger partial charge in [0.25, 0.3) is 0 Å². The van der Waals surface area contributed by atoms with Crippen LogP contribution in [0.25, 0.3) is 0 Å². The van der Waals surface area contributed by atoms with Crippen LogP contribution in [0.15, 0.2) is 11.2 Å². The highest BCUT2D eigenvalue weighted by Crippen LogP contribution is 2.17. The van der Waals surface area contributed by atoms with Crippen LogP contribution in [0, 0.1) is 0 Å². The molecule has 1 heterocycles. The normalized spacial score (nSPS) is 16.9. The lowest BCUT2D eigenvalue weighted by Gasteiger charge is -2.11. The molecule has 17 heavy (non-hydrogen) atoms. The van der Waals surface area contributed by atoms with E-state index in [-0.39, 0.29) is 24.0 Å². The second kappa shape index (κ2) is 6.77. The van der Waals surface area contributed by atoms with Crippen molar-refractivity contribution in [1.82, 2.24) is 20.3 Å². The van der Waals surface area contributed by atoms with Crippen LogP contribution in [0.3, 0.4) is 0 Å². The Kier molecular flexibility index (Phi) is 5.66. The summed E-state index contributed by atoms with van der Waals surface area (Å²) in [6.45, 7) is 0.486. The summed E-state index contributed by atoms with van der Waals surface area (Å²) in [6.07, 6.45) is 6.67. The first kappa shape index (κ1) is 14.2. The highest BCUT2D eigenvalue weighted by molar-refractivity contribution is 14.0. The number of aliphatic imine (C=N–C) groups is 1. The van der Waals surface area contributed by atoms with E-state index in [1.807, 2.05) is 0 Å². The number of aromatic nitrogens is 3. The largest absolute Gasteiger partial charge is 0.370 e. The number of hydrogen-bond acceptors (Lipinski definition) is 3. The molecular weight excluding hydrogens is 331 g/mol. The lowest BCUT2D eigenvalue weighted by molar-refractivity contribution is 0.623. The van der Waals surface area contributed by atoms with Crippen LogP contribution < -0.4 is 11.1 Å². The molecule has 2 rings (SSSR count). The maximum absolute atomic E-state index is 5.79. The predicted octanol–water partition coefficient (Wildman–Crippen LogP) is 0.780. The standard InChI is InChI=1S/C10H18N6.HI/c1-16-13-7-9(15-16)6-12-10(11)14-8-4-2-3-5-8;/h7-8H,2-6H2,1H3,(H3,11,12,14);1H. The maximum atomic E-state index is 5.79. The molecular formula is C10H19IN6. The first-order chi connectivity index (χ1) is 7.74. The van der Waals surface area contributed by atoms with Crippen molar-refractivity contribution in [1.29, 1.82) is 0 Å². The van der Waals surface area contributed by atoms with Gasteiger partial charge >= 0.3 is 0 Å². The van der Waals surface area contributed by atoms with E-state index < -0.39 is 0 Å². The third kappa shape index (κ3) is 4.49. The number of guanidine groups is 1.